The summed E-state index contributed by atoms with van der Waals surface area (Å²) in [5.74, 6) is -1.41. The highest BCUT2D eigenvalue weighted by atomic mass is 35.5. The van der Waals surface area contributed by atoms with Crippen LogP contribution in [0.5, 0.6) is 5.75 Å². The summed E-state index contributed by atoms with van der Waals surface area (Å²) >= 11 is 19.3. The number of imide groups is 1. The van der Waals surface area contributed by atoms with Gasteiger partial charge in [0.25, 0.3) is 11.1 Å². The summed E-state index contributed by atoms with van der Waals surface area (Å²) in [5.41, 5.74) is 1.68. The SMILES string of the molecule is O=C(CN1C(=O)S/C(=C\c2cc(Cl)c(OCc3ccc(Cl)cc3)c(Cl)c2)C1=O)Nc1ccc(F)cc1. The average Bonchev–Trinajstić information content (AvgIpc) is 3.08. The lowest BCUT2D eigenvalue weighted by Gasteiger charge is -2.12. The number of hydrogen-bond acceptors (Lipinski definition) is 5. The summed E-state index contributed by atoms with van der Waals surface area (Å²) in [6.45, 7) is -0.271. The maximum Gasteiger partial charge on any atom is 0.294 e. The fourth-order valence-corrected chi connectivity index (χ4v) is 4.78. The molecule has 0 bridgehead atoms. The number of rotatable bonds is 7. The van der Waals surface area contributed by atoms with E-state index in [0.717, 1.165) is 10.5 Å². The molecule has 1 aliphatic rings. The second-order valence-corrected chi connectivity index (χ2v) is 9.80. The molecule has 0 unspecified atom stereocenters. The van der Waals surface area contributed by atoms with E-state index in [1.165, 1.54) is 30.3 Å². The molecule has 1 heterocycles. The molecule has 11 heteroatoms. The zero-order valence-electron chi connectivity index (χ0n) is 18.3. The summed E-state index contributed by atoms with van der Waals surface area (Å²) in [4.78, 5) is 38.3. The lowest BCUT2D eigenvalue weighted by molar-refractivity contribution is -0.127. The molecule has 0 atom stereocenters. The molecule has 0 aliphatic carbocycles. The fraction of sp³-hybridized carbons (Fsp3) is 0.0800. The molecule has 1 N–H and O–H groups in total. The largest absolute Gasteiger partial charge is 0.486 e. The minimum atomic E-state index is -0.630. The lowest BCUT2D eigenvalue weighted by Crippen LogP contribution is -2.36. The number of amides is 3. The van der Waals surface area contributed by atoms with Crippen LogP contribution in [0.2, 0.25) is 15.1 Å². The quantitative estimate of drug-likeness (QED) is 0.311. The van der Waals surface area contributed by atoms with Gasteiger partial charge >= 0.3 is 0 Å². The Morgan fingerprint density at radius 2 is 1.64 bits per heavy atom. The molecule has 4 rings (SSSR count). The highest BCUT2D eigenvalue weighted by Gasteiger charge is 2.36. The lowest BCUT2D eigenvalue weighted by atomic mass is 10.2. The molecule has 3 aromatic rings. The summed E-state index contributed by atoms with van der Waals surface area (Å²) in [6, 6.07) is 15.3. The molecule has 3 amide bonds. The summed E-state index contributed by atoms with van der Waals surface area (Å²) in [6.07, 6.45) is 1.46. The van der Waals surface area contributed by atoms with Crippen LogP contribution in [0.4, 0.5) is 14.9 Å². The Balaban J connectivity index is 1.43. The molecule has 1 aliphatic heterocycles. The van der Waals surface area contributed by atoms with Crippen LogP contribution >= 0.6 is 46.6 Å². The van der Waals surface area contributed by atoms with E-state index in [1.54, 1.807) is 24.3 Å². The van der Waals surface area contributed by atoms with Crippen molar-refractivity contribution < 1.29 is 23.5 Å². The van der Waals surface area contributed by atoms with E-state index < -0.39 is 29.4 Å². The predicted molar refractivity (Wildman–Crippen MR) is 140 cm³/mol. The molecule has 0 radical (unpaired) electrons. The van der Waals surface area contributed by atoms with Gasteiger partial charge in [0.2, 0.25) is 5.91 Å². The maximum atomic E-state index is 13.0. The number of nitrogens with zero attached hydrogens (tertiary/aromatic N) is 1. The van der Waals surface area contributed by atoms with Crippen molar-refractivity contribution in [1.29, 1.82) is 0 Å². The standard InChI is InChI=1S/C25H16Cl3FN2O4S/c26-16-3-1-14(2-4-16)13-35-23-19(27)9-15(10-20(23)28)11-21-24(33)31(25(34)36-21)12-22(32)30-18-7-5-17(29)6-8-18/h1-11H,12-13H2,(H,30,32)/b21-11-. The van der Waals surface area contributed by atoms with Gasteiger partial charge in [0.1, 0.15) is 19.0 Å². The molecule has 6 nitrogen and oxygen atoms in total. The fourth-order valence-electron chi connectivity index (χ4n) is 3.20. The second kappa shape index (κ2) is 11.3. The van der Waals surface area contributed by atoms with E-state index in [9.17, 15) is 18.8 Å². The number of thioether (sulfide) groups is 1. The van der Waals surface area contributed by atoms with E-state index in [2.05, 4.69) is 5.32 Å². The second-order valence-electron chi connectivity index (χ2n) is 7.55. The van der Waals surface area contributed by atoms with Gasteiger partial charge in [-0.1, -0.05) is 46.9 Å². The highest BCUT2D eigenvalue weighted by Crippen LogP contribution is 2.37. The van der Waals surface area contributed by atoms with Crippen LogP contribution in [0.1, 0.15) is 11.1 Å². The van der Waals surface area contributed by atoms with Crippen molar-refractivity contribution in [2.45, 2.75) is 6.61 Å². The van der Waals surface area contributed by atoms with Crippen LogP contribution in [-0.4, -0.2) is 28.5 Å². The van der Waals surface area contributed by atoms with Crippen LogP contribution in [0.25, 0.3) is 6.08 Å². The summed E-state index contributed by atoms with van der Waals surface area (Å²) in [5, 5.41) is 2.97. The molecule has 0 spiro atoms. The number of carbonyl (C=O) groups excluding carboxylic acids is 3. The topological polar surface area (TPSA) is 75.7 Å². The maximum absolute atomic E-state index is 13.0. The van der Waals surface area contributed by atoms with E-state index in [-0.39, 0.29) is 27.3 Å². The third-order valence-electron chi connectivity index (χ3n) is 4.92. The number of nitrogens with one attached hydrogen (secondary N) is 1. The number of carbonyl (C=O) groups is 3. The van der Waals surface area contributed by atoms with Gasteiger partial charge < -0.3 is 10.1 Å². The van der Waals surface area contributed by atoms with Crippen LogP contribution in [0.3, 0.4) is 0 Å². The number of halogens is 4. The van der Waals surface area contributed by atoms with Gasteiger partial charge in [0, 0.05) is 10.7 Å². The Hall–Kier alpha value is -3.04. The number of benzene rings is 3. The molecule has 3 aromatic carbocycles. The predicted octanol–water partition coefficient (Wildman–Crippen LogP) is 7.04. The number of anilines is 1. The summed E-state index contributed by atoms with van der Waals surface area (Å²) < 4.78 is 18.8. The van der Waals surface area contributed by atoms with Crippen molar-refractivity contribution in [3.63, 3.8) is 0 Å². The normalized spacial score (nSPS) is 14.4. The van der Waals surface area contributed by atoms with Gasteiger partial charge in [-0.3, -0.25) is 19.3 Å². The average molecular weight is 566 g/mol. The van der Waals surface area contributed by atoms with Crippen molar-refractivity contribution in [2.24, 2.45) is 0 Å². The van der Waals surface area contributed by atoms with Gasteiger partial charge in [-0.25, -0.2) is 4.39 Å². The Morgan fingerprint density at radius 3 is 2.28 bits per heavy atom. The molecule has 1 saturated heterocycles. The smallest absolute Gasteiger partial charge is 0.294 e. The molecule has 36 heavy (non-hydrogen) atoms. The summed E-state index contributed by atoms with van der Waals surface area (Å²) in [7, 11) is 0. The van der Waals surface area contributed by atoms with Crippen molar-refractivity contribution in [1.82, 2.24) is 4.90 Å². The van der Waals surface area contributed by atoms with Crippen LogP contribution in [-0.2, 0) is 16.2 Å². The first-order valence-corrected chi connectivity index (χ1v) is 12.3. The minimum Gasteiger partial charge on any atom is -0.486 e. The van der Waals surface area contributed by atoms with Crippen molar-refractivity contribution in [2.75, 3.05) is 11.9 Å². The van der Waals surface area contributed by atoms with E-state index in [0.29, 0.717) is 28.0 Å². The van der Waals surface area contributed by atoms with Crippen LogP contribution in [0, 0.1) is 5.82 Å². The molecule has 0 saturated carbocycles. The van der Waals surface area contributed by atoms with Crippen LogP contribution in [0.15, 0.2) is 65.6 Å². The highest BCUT2D eigenvalue weighted by molar-refractivity contribution is 8.18. The molecule has 1 fully saturated rings. The van der Waals surface area contributed by atoms with Gasteiger partial charge in [0.15, 0.2) is 5.75 Å². The van der Waals surface area contributed by atoms with E-state index >= 15 is 0 Å². The van der Waals surface area contributed by atoms with Gasteiger partial charge in [-0.05, 0) is 77.5 Å². The molecular weight excluding hydrogens is 550 g/mol. The number of ether oxygens (including phenoxy) is 1. The Bertz CT molecular complexity index is 1340. The van der Waals surface area contributed by atoms with Gasteiger partial charge in [0.05, 0.1) is 15.0 Å². The van der Waals surface area contributed by atoms with E-state index in [4.69, 9.17) is 39.5 Å². The third kappa shape index (κ3) is 6.39. The zero-order chi connectivity index (χ0) is 25.8. The number of hydrogen-bond donors (Lipinski definition) is 1. The van der Waals surface area contributed by atoms with Crippen molar-refractivity contribution in [3.8, 4) is 5.75 Å². The third-order valence-corrected chi connectivity index (χ3v) is 6.64. The molecular formula is C25H16Cl3FN2O4S. The zero-order valence-corrected chi connectivity index (χ0v) is 21.3. The Kier molecular flexibility index (Phi) is 8.21. The first-order chi connectivity index (χ1) is 17.2. The molecule has 0 aromatic heterocycles. The first-order valence-electron chi connectivity index (χ1n) is 10.4. The Labute approximate surface area is 225 Å². The van der Waals surface area contributed by atoms with Crippen LogP contribution < -0.4 is 10.1 Å². The van der Waals surface area contributed by atoms with Crippen molar-refractivity contribution >= 4 is 75.4 Å². The first kappa shape index (κ1) is 26.0. The molecule has 184 valence electrons. The Morgan fingerprint density at radius 1 is 1.00 bits per heavy atom. The monoisotopic (exact) mass is 564 g/mol. The van der Waals surface area contributed by atoms with E-state index in [1.807, 2.05) is 12.1 Å². The van der Waals surface area contributed by atoms with Gasteiger partial charge in [-0.15, -0.1) is 0 Å². The van der Waals surface area contributed by atoms with Crippen molar-refractivity contribution in [3.05, 3.63) is 97.6 Å². The minimum absolute atomic E-state index is 0.108. The van der Waals surface area contributed by atoms with Gasteiger partial charge in [-0.2, -0.15) is 0 Å².